The van der Waals surface area contributed by atoms with Crippen molar-refractivity contribution in [2.24, 2.45) is 0 Å². The Morgan fingerprint density at radius 2 is 1.90 bits per heavy atom. The van der Waals surface area contributed by atoms with Crippen molar-refractivity contribution in [2.45, 2.75) is 0 Å². The van der Waals surface area contributed by atoms with Crippen molar-refractivity contribution in [2.75, 3.05) is 12.8 Å². The number of methoxy groups -OCH3 is 1. The van der Waals surface area contributed by atoms with Gasteiger partial charge in [-0.15, -0.1) is 0 Å². The molecule has 0 amide bonds. The molecule has 0 aliphatic rings. The van der Waals surface area contributed by atoms with E-state index in [-0.39, 0.29) is 11.5 Å². The van der Waals surface area contributed by atoms with Crippen molar-refractivity contribution in [3.63, 3.8) is 0 Å². The molecule has 1 aromatic heterocycles. The molecule has 3 rings (SSSR count). The van der Waals surface area contributed by atoms with E-state index in [1.165, 1.54) is 0 Å². The lowest BCUT2D eigenvalue weighted by Crippen LogP contribution is -2.02. The van der Waals surface area contributed by atoms with Crippen LogP contribution in [0.1, 0.15) is 16.1 Å². The minimum atomic E-state index is -0.248. The summed E-state index contributed by atoms with van der Waals surface area (Å²) in [7, 11) is 1.58. The zero-order chi connectivity index (χ0) is 15.0. The quantitative estimate of drug-likeness (QED) is 0.728. The van der Waals surface area contributed by atoms with E-state index in [1.807, 2.05) is 12.1 Å². The third-order valence-corrected chi connectivity index (χ3v) is 3.74. The first-order valence-corrected chi connectivity index (χ1v) is 7.05. The Morgan fingerprint density at radius 1 is 1.19 bits per heavy atom. The van der Waals surface area contributed by atoms with Crippen molar-refractivity contribution in [1.82, 2.24) is 0 Å². The fourth-order valence-electron chi connectivity index (χ4n) is 2.13. The molecule has 0 bridgehead atoms. The average Bonchev–Trinajstić information content (AvgIpc) is 2.83. The molecule has 0 fully saturated rings. The highest BCUT2D eigenvalue weighted by Gasteiger charge is 2.20. The second-order valence-electron chi connectivity index (χ2n) is 4.54. The molecular weight excluding hydrogens is 334 g/mol. The highest BCUT2D eigenvalue weighted by atomic mass is 79.9. The fraction of sp³-hybridized carbons (Fsp3) is 0.0625. The minimum absolute atomic E-state index is 0.160. The van der Waals surface area contributed by atoms with Crippen LogP contribution >= 0.6 is 15.9 Å². The predicted molar refractivity (Wildman–Crippen MR) is 84.8 cm³/mol. The van der Waals surface area contributed by atoms with Gasteiger partial charge in [-0.25, -0.2) is 0 Å². The monoisotopic (exact) mass is 345 g/mol. The summed E-state index contributed by atoms with van der Waals surface area (Å²) in [6.45, 7) is 0. The lowest BCUT2D eigenvalue weighted by molar-refractivity contribution is 0.101. The van der Waals surface area contributed by atoms with Crippen LogP contribution in [0.15, 0.2) is 51.4 Å². The number of fused-ring (bicyclic) bond motifs is 1. The summed E-state index contributed by atoms with van der Waals surface area (Å²) < 4.78 is 11.6. The van der Waals surface area contributed by atoms with Gasteiger partial charge in [0, 0.05) is 15.4 Å². The SMILES string of the molecule is COc1ccc(C(=O)c2oc3ccc(Br)cc3c2N)cc1. The van der Waals surface area contributed by atoms with Crippen molar-refractivity contribution in [3.8, 4) is 5.75 Å². The smallest absolute Gasteiger partial charge is 0.230 e. The molecule has 2 aromatic carbocycles. The summed E-state index contributed by atoms with van der Waals surface area (Å²) >= 11 is 3.38. The molecule has 5 heteroatoms. The zero-order valence-electron chi connectivity index (χ0n) is 11.2. The number of anilines is 1. The van der Waals surface area contributed by atoms with Gasteiger partial charge in [-0.2, -0.15) is 0 Å². The van der Waals surface area contributed by atoms with E-state index in [0.717, 1.165) is 9.86 Å². The van der Waals surface area contributed by atoms with E-state index in [4.69, 9.17) is 14.9 Å². The Hall–Kier alpha value is -2.27. The van der Waals surface area contributed by atoms with Gasteiger partial charge in [0.1, 0.15) is 11.3 Å². The van der Waals surface area contributed by atoms with Crippen LogP contribution in [0.3, 0.4) is 0 Å². The predicted octanol–water partition coefficient (Wildman–Crippen LogP) is 4.02. The summed E-state index contributed by atoms with van der Waals surface area (Å²) in [5.41, 5.74) is 7.49. The van der Waals surface area contributed by atoms with E-state index >= 15 is 0 Å². The van der Waals surface area contributed by atoms with Gasteiger partial charge in [0.2, 0.25) is 5.78 Å². The second kappa shape index (κ2) is 5.26. The van der Waals surface area contributed by atoms with Crippen molar-refractivity contribution in [1.29, 1.82) is 0 Å². The first kappa shape index (κ1) is 13.7. The molecule has 0 aliphatic heterocycles. The maximum Gasteiger partial charge on any atom is 0.230 e. The number of benzene rings is 2. The minimum Gasteiger partial charge on any atom is -0.497 e. The molecule has 0 unspecified atom stereocenters. The highest BCUT2D eigenvalue weighted by Crippen LogP contribution is 2.32. The van der Waals surface area contributed by atoms with Crippen LogP contribution in [0, 0.1) is 0 Å². The van der Waals surface area contributed by atoms with Gasteiger partial charge in [-0.1, -0.05) is 15.9 Å². The average molecular weight is 346 g/mol. The van der Waals surface area contributed by atoms with Gasteiger partial charge in [-0.3, -0.25) is 4.79 Å². The van der Waals surface area contributed by atoms with Crippen LogP contribution in [0.2, 0.25) is 0 Å². The fourth-order valence-corrected chi connectivity index (χ4v) is 2.49. The summed E-state index contributed by atoms with van der Waals surface area (Å²) in [5.74, 6) is 0.601. The van der Waals surface area contributed by atoms with Gasteiger partial charge in [0.25, 0.3) is 0 Å². The van der Waals surface area contributed by atoms with Crippen LogP contribution in [0.25, 0.3) is 11.0 Å². The van der Waals surface area contributed by atoms with Crippen LogP contribution in [0.4, 0.5) is 5.69 Å². The molecule has 0 spiro atoms. The largest absolute Gasteiger partial charge is 0.497 e. The maximum atomic E-state index is 12.5. The van der Waals surface area contributed by atoms with Crippen LogP contribution in [-0.2, 0) is 0 Å². The molecule has 2 N–H and O–H groups in total. The molecule has 21 heavy (non-hydrogen) atoms. The number of carbonyl (C=O) groups is 1. The summed E-state index contributed by atoms with van der Waals surface area (Å²) in [4.78, 5) is 12.5. The summed E-state index contributed by atoms with van der Waals surface area (Å²) in [6.07, 6.45) is 0. The summed E-state index contributed by atoms with van der Waals surface area (Å²) in [5, 5.41) is 0.723. The Balaban J connectivity index is 2.06. The maximum absolute atomic E-state index is 12.5. The Labute approximate surface area is 129 Å². The van der Waals surface area contributed by atoms with Gasteiger partial charge < -0.3 is 14.9 Å². The number of furan rings is 1. The third kappa shape index (κ3) is 2.40. The number of ketones is 1. The number of carbonyl (C=O) groups excluding carboxylic acids is 1. The zero-order valence-corrected chi connectivity index (χ0v) is 12.8. The lowest BCUT2D eigenvalue weighted by atomic mass is 10.1. The molecule has 0 atom stereocenters. The van der Waals surface area contributed by atoms with Gasteiger partial charge in [-0.05, 0) is 42.5 Å². The molecule has 3 aromatic rings. The summed E-state index contributed by atoms with van der Waals surface area (Å²) in [6, 6.07) is 12.3. The van der Waals surface area contributed by atoms with Crippen molar-refractivity contribution in [3.05, 3.63) is 58.3 Å². The number of hydrogen-bond donors (Lipinski definition) is 1. The van der Waals surface area contributed by atoms with Crippen LogP contribution < -0.4 is 10.5 Å². The Morgan fingerprint density at radius 3 is 2.57 bits per heavy atom. The second-order valence-corrected chi connectivity index (χ2v) is 5.46. The van der Waals surface area contributed by atoms with E-state index in [2.05, 4.69) is 15.9 Å². The number of halogens is 1. The first-order chi connectivity index (χ1) is 10.1. The molecular formula is C16H12BrNO3. The molecule has 0 saturated carbocycles. The van der Waals surface area contributed by atoms with Crippen LogP contribution in [0.5, 0.6) is 5.75 Å². The Kier molecular flexibility index (Phi) is 3.43. The number of nitrogens with two attached hydrogens (primary N) is 1. The molecule has 106 valence electrons. The molecule has 0 radical (unpaired) electrons. The Bertz CT molecular complexity index is 821. The highest BCUT2D eigenvalue weighted by molar-refractivity contribution is 9.10. The van der Waals surface area contributed by atoms with Gasteiger partial charge in [0.15, 0.2) is 5.76 Å². The lowest BCUT2D eigenvalue weighted by Gasteiger charge is -2.01. The van der Waals surface area contributed by atoms with Gasteiger partial charge >= 0.3 is 0 Å². The third-order valence-electron chi connectivity index (χ3n) is 3.25. The van der Waals surface area contributed by atoms with E-state index < -0.39 is 0 Å². The number of ether oxygens (including phenoxy) is 1. The first-order valence-electron chi connectivity index (χ1n) is 6.26. The van der Waals surface area contributed by atoms with Gasteiger partial charge in [0.05, 0.1) is 12.8 Å². The molecule has 1 heterocycles. The van der Waals surface area contributed by atoms with Crippen molar-refractivity contribution >= 4 is 38.4 Å². The number of nitrogen functional groups attached to an aromatic ring is 1. The molecule has 0 saturated heterocycles. The topological polar surface area (TPSA) is 65.5 Å². The molecule has 0 aliphatic carbocycles. The normalized spacial score (nSPS) is 10.8. The van der Waals surface area contributed by atoms with Crippen LogP contribution in [-0.4, -0.2) is 12.9 Å². The van der Waals surface area contributed by atoms with E-state index in [0.29, 0.717) is 22.6 Å². The number of rotatable bonds is 3. The standard InChI is InChI=1S/C16H12BrNO3/c1-20-11-5-2-9(3-6-11)15(19)16-14(18)12-8-10(17)4-7-13(12)21-16/h2-8H,18H2,1H3. The van der Waals surface area contributed by atoms with Crippen molar-refractivity contribution < 1.29 is 13.9 Å². The molecule has 4 nitrogen and oxygen atoms in total. The van der Waals surface area contributed by atoms with E-state index in [9.17, 15) is 4.79 Å². The van der Waals surface area contributed by atoms with E-state index in [1.54, 1.807) is 37.4 Å². The number of hydrogen-bond acceptors (Lipinski definition) is 4.